The molecule has 0 rings (SSSR count). The Labute approximate surface area is 363 Å². The molecule has 0 saturated heterocycles. The second-order valence-corrected chi connectivity index (χ2v) is 16.2. The van der Waals surface area contributed by atoms with Crippen molar-refractivity contribution in [2.45, 2.75) is 232 Å². The first-order valence-electron chi connectivity index (χ1n) is 24.3. The number of carbonyl (C=O) groups excluding carboxylic acids is 2. The molecule has 0 fully saturated rings. The molecule has 0 aliphatic carbocycles. The zero-order chi connectivity index (χ0) is 43.1. The van der Waals surface area contributed by atoms with Crippen molar-refractivity contribution in [2.24, 2.45) is 0 Å². The van der Waals surface area contributed by atoms with Crippen molar-refractivity contribution in [3.8, 4) is 0 Å². The first-order chi connectivity index (χ1) is 29.0. The van der Waals surface area contributed by atoms with Gasteiger partial charge in [-0.25, -0.2) is 0 Å². The molecule has 0 spiro atoms. The smallest absolute Gasteiger partial charge is 0.306 e. The normalized spacial score (nSPS) is 14.1. The molecular formula is C53H91NO5. The fourth-order valence-corrected chi connectivity index (χ4v) is 6.80. The molecule has 59 heavy (non-hydrogen) atoms. The molecule has 3 N–H and O–H groups in total. The number of carbonyl (C=O) groups is 2. The Morgan fingerprint density at radius 1 is 0.542 bits per heavy atom. The largest absolute Gasteiger partial charge is 0.461 e. The van der Waals surface area contributed by atoms with Crippen LogP contribution in [0.4, 0.5) is 0 Å². The summed E-state index contributed by atoms with van der Waals surface area (Å²) in [7, 11) is 0. The van der Waals surface area contributed by atoms with Gasteiger partial charge >= 0.3 is 5.97 Å². The zero-order valence-electron chi connectivity index (χ0n) is 38.4. The van der Waals surface area contributed by atoms with E-state index in [0.29, 0.717) is 19.3 Å². The number of unbranched alkanes of at least 4 members (excludes halogenated alkanes) is 18. The molecule has 0 aliphatic heterocycles. The Hall–Kier alpha value is -2.96. The quantitative estimate of drug-likeness (QED) is 0.0247. The summed E-state index contributed by atoms with van der Waals surface area (Å²) in [5.74, 6) is -0.600. The van der Waals surface area contributed by atoms with Crippen molar-refractivity contribution in [3.05, 3.63) is 85.1 Å². The molecule has 0 aromatic carbocycles. The standard InChI is InChI=1S/C53H91NO5/c1-4-7-10-13-16-19-22-24-26-28-30-32-35-38-41-44-49(59-53(58)46-43-40-37-34-31-29-27-25-23-20-17-14-11-8-5-2)47-52(57)54-50(48-55)51(56)45-42-39-36-33-21-18-15-12-9-6-3/h7,10,16-17,19-20,23-26,30,32,38,41,49-51,55-56H,4-6,8-9,11-15,18,21-22,27-29,31,33-37,39-40,42-48H2,1-3H3,(H,54,57)/b10-7-,19-16-,20-17+,25-23+,26-24-,32-30-,41-38-. The maximum Gasteiger partial charge on any atom is 0.306 e. The number of ether oxygens (including phenoxy) is 1. The number of aliphatic hydroxyl groups is 2. The van der Waals surface area contributed by atoms with Crippen LogP contribution in [0.3, 0.4) is 0 Å². The van der Waals surface area contributed by atoms with E-state index in [1.807, 2.05) is 12.2 Å². The Balaban J connectivity index is 4.78. The number of hydrogen-bond acceptors (Lipinski definition) is 5. The summed E-state index contributed by atoms with van der Waals surface area (Å²) in [6.45, 7) is 6.28. The van der Waals surface area contributed by atoms with Gasteiger partial charge in [0.25, 0.3) is 0 Å². The number of esters is 1. The van der Waals surface area contributed by atoms with Crippen molar-refractivity contribution in [2.75, 3.05) is 6.61 Å². The highest BCUT2D eigenvalue weighted by Gasteiger charge is 2.23. The maximum absolute atomic E-state index is 13.1. The van der Waals surface area contributed by atoms with E-state index in [2.05, 4.69) is 99.0 Å². The lowest BCUT2D eigenvalue weighted by Gasteiger charge is -2.24. The minimum Gasteiger partial charge on any atom is -0.461 e. The zero-order valence-corrected chi connectivity index (χ0v) is 38.4. The Bertz CT molecular complexity index is 1150. The molecule has 1 amide bonds. The lowest BCUT2D eigenvalue weighted by molar-refractivity contribution is -0.150. The maximum atomic E-state index is 13.1. The predicted octanol–water partition coefficient (Wildman–Crippen LogP) is 14.4. The number of rotatable bonds is 42. The van der Waals surface area contributed by atoms with Crippen molar-refractivity contribution < 1.29 is 24.5 Å². The molecule has 0 heterocycles. The van der Waals surface area contributed by atoms with Crippen LogP contribution >= 0.6 is 0 Å². The average molecular weight is 822 g/mol. The summed E-state index contributed by atoms with van der Waals surface area (Å²) < 4.78 is 5.85. The molecule has 3 atom stereocenters. The molecule has 338 valence electrons. The topological polar surface area (TPSA) is 95.9 Å². The minimum absolute atomic E-state index is 0.00930. The third-order valence-corrected chi connectivity index (χ3v) is 10.5. The Kier molecular flexibility index (Phi) is 43.8. The van der Waals surface area contributed by atoms with Gasteiger partial charge in [0.15, 0.2) is 0 Å². The van der Waals surface area contributed by atoms with Crippen LogP contribution in [-0.2, 0) is 14.3 Å². The summed E-state index contributed by atoms with van der Waals surface area (Å²) in [6, 6.07) is -0.737. The van der Waals surface area contributed by atoms with Gasteiger partial charge in [0.2, 0.25) is 5.91 Å². The van der Waals surface area contributed by atoms with Crippen LogP contribution in [-0.4, -0.2) is 46.9 Å². The second kappa shape index (κ2) is 46.1. The Morgan fingerprint density at radius 3 is 1.51 bits per heavy atom. The number of aliphatic hydroxyl groups excluding tert-OH is 2. The lowest BCUT2D eigenvalue weighted by Crippen LogP contribution is -2.46. The molecule has 0 bridgehead atoms. The third-order valence-electron chi connectivity index (χ3n) is 10.5. The highest BCUT2D eigenvalue weighted by atomic mass is 16.5. The van der Waals surface area contributed by atoms with E-state index in [1.165, 1.54) is 89.9 Å². The van der Waals surface area contributed by atoms with E-state index in [4.69, 9.17) is 4.74 Å². The van der Waals surface area contributed by atoms with Gasteiger partial charge in [-0.05, 0) is 70.6 Å². The van der Waals surface area contributed by atoms with Gasteiger partial charge in [-0.2, -0.15) is 0 Å². The number of amides is 1. The van der Waals surface area contributed by atoms with E-state index >= 15 is 0 Å². The van der Waals surface area contributed by atoms with Crippen LogP contribution in [0.15, 0.2) is 85.1 Å². The molecule has 6 nitrogen and oxygen atoms in total. The second-order valence-electron chi connectivity index (χ2n) is 16.2. The van der Waals surface area contributed by atoms with E-state index in [1.54, 1.807) is 0 Å². The van der Waals surface area contributed by atoms with E-state index in [-0.39, 0.29) is 24.9 Å². The molecule has 0 radical (unpaired) electrons. The SMILES string of the molecule is CC/C=C\C/C=C\C/C=C\C/C=C\C/C=C\CC(CC(=O)NC(CO)C(O)CCCCCCCCCCCC)OC(=O)CCCCCCCC/C=C/C=C/CCCCC. The summed E-state index contributed by atoms with van der Waals surface area (Å²) in [4.78, 5) is 26.0. The summed E-state index contributed by atoms with van der Waals surface area (Å²) in [6.07, 6.45) is 59.4. The molecule has 6 heteroatoms. The van der Waals surface area contributed by atoms with Crippen LogP contribution in [0.2, 0.25) is 0 Å². The number of allylic oxidation sites excluding steroid dienone is 13. The van der Waals surface area contributed by atoms with E-state index in [0.717, 1.165) is 77.0 Å². The lowest BCUT2D eigenvalue weighted by atomic mass is 10.0. The van der Waals surface area contributed by atoms with Crippen LogP contribution in [0.25, 0.3) is 0 Å². The van der Waals surface area contributed by atoms with Gasteiger partial charge in [-0.3, -0.25) is 9.59 Å². The van der Waals surface area contributed by atoms with Gasteiger partial charge in [0, 0.05) is 12.8 Å². The van der Waals surface area contributed by atoms with Gasteiger partial charge in [-0.15, -0.1) is 0 Å². The molecule has 0 aromatic rings. The molecule has 0 saturated carbocycles. The molecule has 0 aliphatic rings. The van der Waals surface area contributed by atoms with Gasteiger partial charge in [-0.1, -0.05) is 209 Å². The summed E-state index contributed by atoms with van der Waals surface area (Å²) >= 11 is 0. The molecular weight excluding hydrogens is 731 g/mol. The third kappa shape index (κ3) is 41.6. The molecule has 3 unspecified atom stereocenters. The predicted molar refractivity (Wildman–Crippen MR) is 254 cm³/mol. The first kappa shape index (κ1) is 56.0. The van der Waals surface area contributed by atoms with Crippen LogP contribution in [0.5, 0.6) is 0 Å². The highest BCUT2D eigenvalue weighted by molar-refractivity contribution is 5.77. The average Bonchev–Trinajstić information content (AvgIpc) is 3.23. The summed E-state index contributed by atoms with van der Waals surface area (Å²) in [5, 5.41) is 23.6. The monoisotopic (exact) mass is 822 g/mol. The highest BCUT2D eigenvalue weighted by Crippen LogP contribution is 2.15. The Morgan fingerprint density at radius 2 is 0.983 bits per heavy atom. The van der Waals surface area contributed by atoms with Crippen LogP contribution in [0, 0.1) is 0 Å². The van der Waals surface area contributed by atoms with Crippen molar-refractivity contribution in [1.82, 2.24) is 5.32 Å². The minimum atomic E-state index is -0.816. The van der Waals surface area contributed by atoms with Crippen molar-refractivity contribution in [3.63, 3.8) is 0 Å². The van der Waals surface area contributed by atoms with E-state index in [9.17, 15) is 19.8 Å². The van der Waals surface area contributed by atoms with Crippen LogP contribution in [0.1, 0.15) is 213 Å². The number of nitrogens with one attached hydrogen (secondary N) is 1. The fraction of sp³-hybridized carbons (Fsp3) is 0.698. The summed E-state index contributed by atoms with van der Waals surface area (Å²) in [5.41, 5.74) is 0. The fourth-order valence-electron chi connectivity index (χ4n) is 6.80. The van der Waals surface area contributed by atoms with Crippen LogP contribution < -0.4 is 5.32 Å². The number of hydrogen-bond donors (Lipinski definition) is 3. The first-order valence-corrected chi connectivity index (χ1v) is 24.3. The van der Waals surface area contributed by atoms with Crippen molar-refractivity contribution in [1.29, 1.82) is 0 Å². The van der Waals surface area contributed by atoms with Crippen molar-refractivity contribution >= 4 is 11.9 Å². The molecule has 0 aromatic heterocycles. The van der Waals surface area contributed by atoms with Gasteiger partial charge in [0.05, 0.1) is 25.2 Å². The van der Waals surface area contributed by atoms with E-state index < -0.39 is 18.2 Å². The van der Waals surface area contributed by atoms with Gasteiger partial charge in [0.1, 0.15) is 6.10 Å². The van der Waals surface area contributed by atoms with Gasteiger partial charge < -0.3 is 20.3 Å².